The summed E-state index contributed by atoms with van der Waals surface area (Å²) >= 11 is 6.42. The maximum absolute atomic E-state index is 14.7. The molecule has 1 fully saturated rings. The summed E-state index contributed by atoms with van der Waals surface area (Å²) < 4.78 is 64.5. The van der Waals surface area contributed by atoms with Crippen LogP contribution in [0, 0.1) is 12.7 Å². The highest BCUT2D eigenvalue weighted by molar-refractivity contribution is 7.91. The predicted molar refractivity (Wildman–Crippen MR) is 121 cm³/mol. The van der Waals surface area contributed by atoms with Gasteiger partial charge in [0.25, 0.3) is 6.43 Å². The molecule has 2 aromatic heterocycles. The van der Waals surface area contributed by atoms with Crippen LogP contribution >= 0.6 is 11.6 Å². The summed E-state index contributed by atoms with van der Waals surface area (Å²) in [5, 5.41) is 3.88. The lowest BCUT2D eigenvalue weighted by Gasteiger charge is -2.23. The van der Waals surface area contributed by atoms with Gasteiger partial charge in [-0.2, -0.15) is 0 Å². The number of anilines is 1. The molecule has 4 rings (SSSR count). The van der Waals surface area contributed by atoms with Gasteiger partial charge in [0, 0.05) is 5.56 Å². The number of aromatic nitrogens is 3. The molecule has 176 valence electrons. The number of alkyl halides is 2. The first-order valence-electron chi connectivity index (χ1n) is 10.4. The normalized spacial score (nSPS) is 17.4. The lowest BCUT2D eigenvalue weighted by molar-refractivity contribution is 0.146. The van der Waals surface area contributed by atoms with Crippen molar-refractivity contribution in [1.29, 1.82) is 0 Å². The zero-order valence-electron chi connectivity index (χ0n) is 17.9. The number of halogens is 4. The van der Waals surface area contributed by atoms with Gasteiger partial charge in [0.15, 0.2) is 5.65 Å². The molecule has 11 heteroatoms. The van der Waals surface area contributed by atoms with Gasteiger partial charge >= 0.3 is 0 Å². The molecular formula is C22H22ClF3N4O2S. The summed E-state index contributed by atoms with van der Waals surface area (Å²) in [6.07, 6.45) is -2.05. The molecule has 1 atom stereocenters. The number of pyridine rings is 1. The Morgan fingerprint density at radius 1 is 1.12 bits per heavy atom. The van der Waals surface area contributed by atoms with Gasteiger partial charge in [-0.1, -0.05) is 29.8 Å². The van der Waals surface area contributed by atoms with E-state index < -0.39 is 33.7 Å². The summed E-state index contributed by atoms with van der Waals surface area (Å²) in [5.41, 5.74) is 0.453. The molecular weight excluding hydrogens is 477 g/mol. The molecule has 33 heavy (non-hydrogen) atoms. The number of hydrogen-bond acceptors (Lipinski definition) is 6. The Kier molecular flexibility index (Phi) is 6.50. The second-order valence-electron chi connectivity index (χ2n) is 8.20. The van der Waals surface area contributed by atoms with Crippen molar-refractivity contribution in [3.05, 3.63) is 57.8 Å². The summed E-state index contributed by atoms with van der Waals surface area (Å²) in [4.78, 5) is 13.1. The molecule has 0 amide bonds. The smallest absolute Gasteiger partial charge is 0.266 e. The van der Waals surface area contributed by atoms with Crippen LogP contribution in [0.2, 0.25) is 5.15 Å². The molecule has 0 radical (unpaired) electrons. The summed E-state index contributed by atoms with van der Waals surface area (Å²) in [6.45, 7) is 3.32. The molecule has 6 nitrogen and oxygen atoms in total. The van der Waals surface area contributed by atoms with Crippen molar-refractivity contribution in [3.63, 3.8) is 0 Å². The Labute approximate surface area is 194 Å². The van der Waals surface area contributed by atoms with E-state index in [1.54, 1.807) is 19.9 Å². The maximum Gasteiger partial charge on any atom is 0.266 e. The van der Waals surface area contributed by atoms with Crippen molar-refractivity contribution in [3.8, 4) is 0 Å². The number of hydrogen-bond donors (Lipinski definition) is 1. The molecule has 0 saturated carbocycles. The fourth-order valence-corrected chi connectivity index (χ4v) is 5.89. The number of aryl methyl sites for hydroxylation is 1. The van der Waals surface area contributed by atoms with E-state index in [0.29, 0.717) is 41.1 Å². The highest BCUT2D eigenvalue weighted by Crippen LogP contribution is 2.36. The Bertz CT molecular complexity index is 1310. The molecule has 3 aromatic rings. The molecule has 0 unspecified atom stereocenters. The largest absolute Gasteiger partial charge is 0.363 e. The number of sulfone groups is 1. The van der Waals surface area contributed by atoms with E-state index in [4.69, 9.17) is 11.6 Å². The number of benzene rings is 1. The lowest BCUT2D eigenvalue weighted by atomic mass is 9.94. The van der Waals surface area contributed by atoms with E-state index >= 15 is 0 Å². The van der Waals surface area contributed by atoms with Crippen molar-refractivity contribution in [2.24, 2.45) is 0 Å². The average Bonchev–Trinajstić information content (AvgIpc) is 2.73. The molecule has 1 aliphatic rings. The van der Waals surface area contributed by atoms with E-state index in [-0.39, 0.29) is 28.1 Å². The average molecular weight is 499 g/mol. The predicted octanol–water partition coefficient (Wildman–Crippen LogP) is 5.53. The first kappa shape index (κ1) is 23.7. The highest BCUT2D eigenvalue weighted by atomic mass is 35.5. The first-order chi connectivity index (χ1) is 15.6. The Morgan fingerprint density at radius 2 is 1.79 bits per heavy atom. The Morgan fingerprint density at radius 3 is 2.45 bits per heavy atom. The van der Waals surface area contributed by atoms with Crippen molar-refractivity contribution in [2.75, 3.05) is 16.8 Å². The molecule has 1 aliphatic heterocycles. The van der Waals surface area contributed by atoms with E-state index in [0.717, 1.165) is 6.07 Å². The molecule has 3 heterocycles. The fourth-order valence-electron chi connectivity index (χ4n) is 4.11. The van der Waals surface area contributed by atoms with Gasteiger partial charge in [0.1, 0.15) is 32.4 Å². The third-order valence-electron chi connectivity index (χ3n) is 5.89. The third-order valence-corrected chi connectivity index (χ3v) is 7.91. The van der Waals surface area contributed by atoms with Crippen LogP contribution in [-0.2, 0) is 9.84 Å². The topological polar surface area (TPSA) is 84.8 Å². The zero-order valence-corrected chi connectivity index (χ0v) is 19.5. The van der Waals surface area contributed by atoms with Gasteiger partial charge in [-0.3, -0.25) is 0 Å². The molecule has 1 aromatic carbocycles. The number of rotatable bonds is 5. The van der Waals surface area contributed by atoms with Crippen molar-refractivity contribution in [2.45, 2.75) is 45.1 Å². The van der Waals surface area contributed by atoms with E-state index in [2.05, 4.69) is 20.3 Å². The fraction of sp³-hybridized carbons (Fsp3) is 0.409. The minimum Gasteiger partial charge on any atom is -0.363 e. The van der Waals surface area contributed by atoms with Crippen molar-refractivity contribution in [1.82, 2.24) is 15.0 Å². The van der Waals surface area contributed by atoms with E-state index in [9.17, 15) is 21.6 Å². The minimum atomic E-state index is -3.04. The van der Waals surface area contributed by atoms with Crippen LogP contribution in [-0.4, -0.2) is 34.9 Å². The van der Waals surface area contributed by atoms with Crippen LogP contribution < -0.4 is 5.32 Å². The standard InChI is InChI=1S/C22H22ClF3N4O2S/c1-11(14-4-3-5-15(18(14)24)20(25)26)27-21-17-10-16(13-6-8-33(31,32)9-7-13)19(23)30-22(17)29-12(2)28-21/h3-5,10-11,13,20H,6-9H2,1-2H3,(H,27,28,29,30)/t11-/m1/s1. The molecule has 0 aliphatic carbocycles. The van der Waals surface area contributed by atoms with Crippen LogP contribution in [0.1, 0.15) is 60.7 Å². The number of nitrogens with zero attached hydrogens (tertiary/aromatic N) is 3. The number of nitrogens with one attached hydrogen (secondary N) is 1. The quantitative estimate of drug-likeness (QED) is 0.466. The van der Waals surface area contributed by atoms with E-state index in [1.165, 1.54) is 12.1 Å². The summed E-state index contributed by atoms with van der Waals surface area (Å²) in [7, 11) is -3.04. The Balaban J connectivity index is 1.73. The van der Waals surface area contributed by atoms with Crippen molar-refractivity contribution >= 4 is 38.3 Å². The van der Waals surface area contributed by atoms with Gasteiger partial charge < -0.3 is 5.32 Å². The van der Waals surface area contributed by atoms with Crippen LogP contribution in [0.15, 0.2) is 24.3 Å². The highest BCUT2D eigenvalue weighted by Gasteiger charge is 2.28. The SMILES string of the molecule is Cc1nc(N[C@H](C)c2cccc(C(F)F)c2F)c2cc(C3CCS(=O)(=O)CC3)c(Cl)nc2n1. The first-order valence-corrected chi connectivity index (χ1v) is 12.6. The number of fused-ring (bicyclic) bond motifs is 1. The second-order valence-corrected chi connectivity index (χ2v) is 10.9. The monoisotopic (exact) mass is 498 g/mol. The summed E-state index contributed by atoms with van der Waals surface area (Å²) in [5.74, 6) is -0.117. The van der Waals surface area contributed by atoms with Gasteiger partial charge in [0.05, 0.1) is 28.5 Å². The Hall–Kier alpha value is -2.46. The minimum absolute atomic E-state index is 0.0790. The van der Waals surface area contributed by atoms with Crippen LogP contribution in [0.3, 0.4) is 0 Å². The summed E-state index contributed by atoms with van der Waals surface area (Å²) in [6, 6.07) is 4.99. The second kappa shape index (κ2) is 9.06. The van der Waals surface area contributed by atoms with Crippen LogP contribution in [0.5, 0.6) is 0 Å². The van der Waals surface area contributed by atoms with Gasteiger partial charge in [-0.05, 0) is 44.2 Å². The third kappa shape index (κ3) is 4.91. The van der Waals surface area contributed by atoms with Crippen LogP contribution in [0.25, 0.3) is 11.0 Å². The van der Waals surface area contributed by atoms with Crippen molar-refractivity contribution < 1.29 is 21.6 Å². The van der Waals surface area contributed by atoms with E-state index in [1.807, 2.05) is 0 Å². The molecule has 1 saturated heterocycles. The maximum atomic E-state index is 14.7. The molecule has 0 spiro atoms. The lowest BCUT2D eigenvalue weighted by Crippen LogP contribution is -2.22. The van der Waals surface area contributed by atoms with Gasteiger partial charge in [-0.25, -0.2) is 36.5 Å². The molecule has 0 bridgehead atoms. The molecule has 1 N–H and O–H groups in total. The van der Waals surface area contributed by atoms with Gasteiger partial charge in [0.2, 0.25) is 0 Å². The van der Waals surface area contributed by atoms with Crippen LogP contribution in [0.4, 0.5) is 19.0 Å². The zero-order chi connectivity index (χ0) is 23.9. The van der Waals surface area contributed by atoms with Gasteiger partial charge in [-0.15, -0.1) is 0 Å².